The van der Waals surface area contributed by atoms with Crippen LogP contribution in [0.15, 0.2) is 35.3 Å². The Morgan fingerprint density at radius 2 is 1.77 bits per heavy atom. The lowest BCUT2D eigenvalue weighted by Gasteiger charge is -2.59. The maximum atomic E-state index is 13.3. The summed E-state index contributed by atoms with van der Waals surface area (Å²) >= 11 is 6.42. The molecule has 1 aromatic heterocycles. The highest BCUT2D eigenvalue weighted by Crippen LogP contribution is 2.61. The first-order chi connectivity index (χ1) is 14.8. The molecule has 0 amide bonds. The van der Waals surface area contributed by atoms with Crippen LogP contribution in [0.25, 0.3) is 0 Å². The first kappa shape index (κ1) is 20.1. The minimum Gasteiger partial charge on any atom is -0.481 e. The second kappa shape index (κ2) is 7.09. The van der Waals surface area contributed by atoms with Gasteiger partial charge in [-0.1, -0.05) is 23.7 Å². The van der Waals surface area contributed by atoms with Crippen molar-refractivity contribution in [3.63, 3.8) is 0 Å². The zero-order valence-corrected chi connectivity index (χ0v) is 17.4. The molecule has 3 N–H and O–H groups in total. The summed E-state index contributed by atoms with van der Waals surface area (Å²) in [7, 11) is 0. The molecule has 2 aromatic rings. The predicted molar refractivity (Wildman–Crippen MR) is 113 cm³/mol. The second-order valence-corrected chi connectivity index (χ2v) is 9.47. The number of nitrogens with one attached hydrogen (secondary N) is 1. The first-order valence-corrected chi connectivity index (χ1v) is 10.8. The summed E-state index contributed by atoms with van der Waals surface area (Å²) in [5.41, 5.74) is -0.900. The van der Waals surface area contributed by atoms with Crippen LogP contribution in [-0.2, 0) is 10.3 Å². The molecule has 162 valence electrons. The predicted octanol–water partition coefficient (Wildman–Crippen LogP) is 3.57. The Hall–Kier alpha value is -2.87. The Bertz CT molecular complexity index is 1130. The number of aromatic nitrogens is 2. The van der Waals surface area contributed by atoms with Crippen molar-refractivity contribution < 1.29 is 19.8 Å². The summed E-state index contributed by atoms with van der Waals surface area (Å²) in [4.78, 5) is 37.0. The number of para-hydroxylation sites is 1. The summed E-state index contributed by atoms with van der Waals surface area (Å²) in [6, 6.07) is 6.29. The number of carboxylic acids is 2. The molecule has 0 radical (unpaired) electrons. The number of hydrogen-bond donors (Lipinski definition) is 3. The van der Waals surface area contributed by atoms with Gasteiger partial charge in [-0.05, 0) is 62.0 Å². The average Bonchev–Trinajstić information content (AvgIpc) is 2.70. The number of hydrogen-bond acceptors (Lipinski definition) is 5. The highest BCUT2D eigenvalue weighted by molar-refractivity contribution is 6.33. The molecule has 0 spiro atoms. The first-order valence-electron chi connectivity index (χ1n) is 10.4. The molecule has 8 nitrogen and oxygen atoms in total. The molecule has 0 unspecified atom stereocenters. The maximum absolute atomic E-state index is 13.3. The van der Waals surface area contributed by atoms with Crippen molar-refractivity contribution in [1.29, 1.82) is 0 Å². The minimum absolute atomic E-state index is 0.0368. The quantitative estimate of drug-likeness (QED) is 0.645. The number of benzene rings is 1. The van der Waals surface area contributed by atoms with Crippen LogP contribution < -0.4 is 10.9 Å². The van der Waals surface area contributed by atoms with E-state index in [2.05, 4.69) is 10.4 Å². The minimum atomic E-state index is -1.11. The van der Waals surface area contributed by atoms with Crippen molar-refractivity contribution in [3.05, 3.63) is 51.4 Å². The van der Waals surface area contributed by atoms with E-state index in [1.807, 2.05) is 0 Å². The third-order valence-electron chi connectivity index (χ3n) is 7.31. The summed E-state index contributed by atoms with van der Waals surface area (Å²) in [6.07, 6.45) is 5.49. The SMILES string of the molecule is O=C(O)c1ccccc1Nc1cnn(C23C[C@@H]4CC(C[C@H](C4)C2)[C@H]3C(=O)O)c(=O)c1Cl. The lowest BCUT2D eigenvalue weighted by molar-refractivity contribution is -0.168. The standard InChI is InChI=1S/C22H22ClN3O5/c23-18-16(25-15-4-2-1-3-14(15)20(28)29)10-24-26(19(18)27)22-8-11-5-12(9-22)7-13(6-11)17(22)21(30)31/h1-4,10-13,17,25H,5-9H2,(H,28,29)(H,30,31)/t11-,12-,13?,17-,22?/m0/s1. The van der Waals surface area contributed by atoms with Gasteiger partial charge in [0.05, 0.1) is 34.6 Å². The number of carbonyl (C=O) groups is 2. The Kier molecular flexibility index (Phi) is 4.58. The molecule has 1 heterocycles. The number of halogens is 1. The molecule has 0 saturated heterocycles. The molecule has 3 atom stereocenters. The van der Waals surface area contributed by atoms with Gasteiger partial charge in [-0.2, -0.15) is 5.10 Å². The van der Waals surface area contributed by atoms with Crippen LogP contribution >= 0.6 is 11.6 Å². The Labute approximate surface area is 182 Å². The summed E-state index contributed by atoms with van der Waals surface area (Å²) in [5, 5.41) is 26.5. The molecule has 9 heteroatoms. The number of anilines is 2. The van der Waals surface area contributed by atoms with Crippen molar-refractivity contribution in [2.24, 2.45) is 23.7 Å². The van der Waals surface area contributed by atoms with Gasteiger partial charge in [-0.3, -0.25) is 9.59 Å². The topological polar surface area (TPSA) is 122 Å². The van der Waals surface area contributed by atoms with Gasteiger partial charge in [-0.15, -0.1) is 0 Å². The average molecular weight is 444 g/mol. The number of nitrogens with zero attached hydrogens (tertiary/aromatic N) is 2. The van der Waals surface area contributed by atoms with Crippen LogP contribution in [0.4, 0.5) is 11.4 Å². The monoisotopic (exact) mass is 443 g/mol. The van der Waals surface area contributed by atoms with Crippen molar-refractivity contribution in [2.75, 3.05) is 5.32 Å². The largest absolute Gasteiger partial charge is 0.481 e. The Balaban J connectivity index is 1.57. The zero-order valence-electron chi connectivity index (χ0n) is 16.6. The van der Waals surface area contributed by atoms with Gasteiger partial charge in [0.1, 0.15) is 5.02 Å². The van der Waals surface area contributed by atoms with Gasteiger partial charge in [0.25, 0.3) is 5.56 Å². The molecule has 4 aliphatic rings. The van der Waals surface area contributed by atoms with E-state index < -0.39 is 29.0 Å². The highest BCUT2D eigenvalue weighted by Gasteiger charge is 2.61. The van der Waals surface area contributed by atoms with Crippen LogP contribution in [0.3, 0.4) is 0 Å². The third-order valence-corrected chi connectivity index (χ3v) is 7.67. The number of aromatic carboxylic acids is 1. The zero-order chi connectivity index (χ0) is 21.9. The van der Waals surface area contributed by atoms with Crippen LogP contribution in [0.1, 0.15) is 42.5 Å². The van der Waals surface area contributed by atoms with Gasteiger partial charge >= 0.3 is 11.9 Å². The van der Waals surface area contributed by atoms with Gasteiger partial charge in [0.2, 0.25) is 0 Å². The lowest BCUT2D eigenvalue weighted by Crippen LogP contribution is -2.63. The normalized spacial score (nSPS) is 30.9. The molecule has 4 saturated carbocycles. The van der Waals surface area contributed by atoms with Crippen molar-refractivity contribution >= 4 is 34.9 Å². The van der Waals surface area contributed by atoms with Gasteiger partial charge in [0.15, 0.2) is 0 Å². The summed E-state index contributed by atoms with van der Waals surface area (Å²) < 4.78 is 1.31. The van der Waals surface area contributed by atoms with E-state index in [1.54, 1.807) is 18.2 Å². The Morgan fingerprint density at radius 1 is 1.10 bits per heavy atom. The third kappa shape index (κ3) is 3.04. The molecule has 0 aliphatic heterocycles. The lowest BCUT2D eigenvalue weighted by atomic mass is 9.48. The highest BCUT2D eigenvalue weighted by atomic mass is 35.5. The molecule has 4 aliphatic carbocycles. The van der Waals surface area contributed by atoms with E-state index in [9.17, 15) is 24.6 Å². The van der Waals surface area contributed by atoms with E-state index in [4.69, 9.17) is 11.6 Å². The fourth-order valence-electron chi connectivity index (χ4n) is 6.49. The smallest absolute Gasteiger partial charge is 0.337 e. The van der Waals surface area contributed by atoms with Crippen molar-refractivity contribution in [1.82, 2.24) is 9.78 Å². The Morgan fingerprint density at radius 3 is 2.42 bits per heavy atom. The molecule has 4 bridgehead atoms. The number of carboxylic acid groups (broad SMARTS) is 2. The fourth-order valence-corrected chi connectivity index (χ4v) is 6.67. The van der Waals surface area contributed by atoms with Crippen molar-refractivity contribution in [2.45, 2.75) is 37.6 Å². The van der Waals surface area contributed by atoms with E-state index in [0.29, 0.717) is 24.7 Å². The van der Waals surface area contributed by atoms with Gasteiger partial charge < -0.3 is 15.5 Å². The van der Waals surface area contributed by atoms with E-state index in [0.717, 1.165) is 19.3 Å². The summed E-state index contributed by atoms with van der Waals surface area (Å²) in [6.45, 7) is 0. The molecule has 31 heavy (non-hydrogen) atoms. The summed E-state index contributed by atoms with van der Waals surface area (Å²) in [5.74, 6) is -1.80. The van der Waals surface area contributed by atoms with Crippen molar-refractivity contribution in [3.8, 4) is 0 Å². The number of rotatable bonds is 5. The molecular formula is C22H22ClN3O5. The molecule has 1 aromatic carbocycles. The molecule has 6 rings (SSSR count). The fraction of sp³-hybridized carbons (Fsp3) is 0.455. The molecule has 4 fully saturated rings. The van der Waals surface area contributed by atoms with Crippen LogP contribution in [-0.4, -0.2) is 31.9 Å². The van der Waals surface area contributed by atoms with Gasteiger partial charge in [-0.25, -0.2) is 9.48 Å². The second-order valence-electron chi connectivity index (χ2n) is 9.09. The van der Waals surface area contributed by atoms with E-state index in [1.165, 1.54) is 16.9 Å². The van der Waals surface area contributed by atoms with E-state index >= 15 is 0 Å². The molecular weight excluding hydrogens is 422 g/mol. The maximum Gasteiger partial charge on any atom is 0.337 e. The van der Waals surface area contributed by atoms with Crippen LogP contribution in [0, 0.1) is 23.7 Å². The van der Waals surface area contributed by atoms with Gasteiger partial charge in [0, 0.05) is 0 Å². The number of aliphatic carboxylic acids is 1. The van der Waals surface area contributed by atoms with Crippen LogP contribution in [0.2, 0.25) is 5.02 Å². The van der Waals surface area contributed by atoms with Crippen LogP contribution in [0.5, 0.6) is 0 Å². The van der Waals surface area contributed by atoms with E-state index in [-0.39, 0.29) is 27.9 Å².